The molecular weight excluding hydrogens is 332 g/mol. The molecule has 0 heterocycles. The van der Waals surface area contributed by atoms with Gasteiger partial charge in [0.25, 0.3) is 5.69 Å². The van der Waals surface area contributed by atoms with Crippen LogP contribution in [0.25, 0.3) is 0 Å². The van der Waals surface area contributed by atoms with Crippen molar-refractivity contribution in [1.82, 2.24) is 5.06 Å². The lowest BCUT2D eigenvalue weighted by atomic mass is 10.2. The van der Waals surface area contributed by atoms with Crippen LogP contribution in [0.3, 0.4) is 0 Å². The number of hydrogen-bond donors (Lipinski definition) is 0. The average molecular weight is 359 g/mol. The Balaban J connectivity index is 2.89. The van der Waals surface area contributed by atoms with Gasteiger partial charge in [-0.25, -0.2) is 0 Å². The van der Waals surface area contributed by atoms with Crippen molar-refractivity contribution in [1.29, 1.82) is 0 Å². The predicted octanol–water partition coefficient (Wildman–Crippen LogP) is 5.40. The molecule has 1 aromatic carbocycles. The summed E-state index contributed by atoms with van der Waals surface area (Å²) < 4.78 is 6.27. The molecule has 0 atom stereocenters. The van der Waals surface area contributed by atoms with Gasteiger partial charge in [-0.15, -0.1) is 0 Å². The van der Waals surface area contributed by atoms with Gasteiger partial charge in [-0.3, -0.25) is 10.1 Å². The van der Waals surface area contributed by atoms with Crippen molar-refractivity contribution in [3.8, 4) is 0 Å². The third kappa shape index (κ3) is 6.99. The number of benzene rings is 1. The van der Waals surface area contributed by atoms with E-state index < -0.39 is 8.32 Å². The SMILES string of the molecule is CCCC[Si](C)(C)ON(CCC)Cc1ccc(Cl)cc1[N+](=O)[O-]. The summed E-state index contributed by atoms with van der Waals surface area (Å²) in [5.41, 5.74) is 0.684. The molecule has 0 saturated carbocycles. The minimum Gasteiger partial charge on any atom is -0.343 e. The van der Waals surface area contributed by atoms with Crippen LogP contribution in [0.2, 0.25) is 24.2 Å². The molecule has 1 rings (SSSR count). The van der Waals surface area contributed by atoms with E-state index in [2.05, 4.69) is 26.9 Å². The molecule has 1 aromatic rings. The first-order valence-electron chi connectivity index (χ1n) is 8.16. The second-order valence-corrected chi connectivity index (χ2v) is 11.0. The predicted molar refractivity (Wildman–Crippen MR) is 97.1 cm³/mol. The van der Waals surface area contributed by atoms with Crippen LogP contribution in [0.5, 0.6) is 0 Å². The number of halogens is 1. The molecule has 0 aliphatic heterocycles. The summed E-state index contributed by atoms with van der Waals surface area (Å²) >= 11 is 5.88. The molecular formula is C16H27ClN2O3Si. The van der Waals surface area contributed by atoms with Crippen molar-refractivity contribution in [2.75, 3.05) is 6.54 Å². The van der Waals surface area contributed by atoms with Crippen LogP contribution in [-0.4, -0.2) is 24.8 Å². The summed E-state index contributed by atoms with van der Waals surface area (Å²) in [6, 6.07) is 5.90. The Morgan fingerprint density at radius 2 is 2.00 bits per heavy atom. The second-order valence-electron chi connectivity index (χ2n) is 6.35. The van der Waals surface area contributed by atoms with Gasteiger partial charge in [-0.1, -0.05) is 38.3 Å². The van der Waals surface area contributed by atoms with E-state index in [1.807, 2.05) is 5.06 Å². The van der Waals surface area contributed by atoms with Crippen molar-refractivity contribution in [3.05, 3.63) is 38.9 Å². The van der Waals surface area contributed by atoms with Crippen LogP contribution < -0.4 is 0 Å². The first-order valence-corrected chi connectivity index (χ1v) is 11.6. The molecule has 7 heteroatoms. The highest BCUT2D eigenvalue weighted by atomic mass is 35.5. The average Bonchev–Trinajstić information content (AvgIpc) is 2.46. The van der Waals surface area contributed by atoms with Gasteiger partial charge in [0.05, 0.1) is 11.5 Å². The van der Waals surface area contributed by atoms with E-state index >= 15 is 0 Å². The highest BCUT2D eigenvalue weighted by Gasteiger charge is 2.27. The lowest BCUT2D eigenvalue weighted by molar-refractivity contribution is -0.386. The second kappa shape index (κ2) is 9.37. The summed E-state index contributed by atoms with van der Waals surface area (Å²) in [7, 11) is -1.80. The van der Waals surface area contributed by atoms with E-state index in [0.717, 1.165) is 31.9 Å². The summed E-state index contributed by atoms with van der Waals surface area (Å²) in [6.45, 7) is 9.80. The number of hydroxylamine groups is 2. The van der Waals surface area contributed by atoms with Crippen molar-refractivity contribution in [3.63, 3.8) is 0 Å². The van der Waals surface area contributed by atoms with Gasteiger partial charge in [0.1, 0.15) is 0 Å². The van der Waals surface area contributed by atoms with Crippen LogP contribution >= 0.6 is 11.6 Å². The van der Waals surface area contributed by atoms with Crippen LogP contribution in [-0.2, 0) is 11.1 Å². The molecule has 5 nitrogen and oxygen atoms in total. The Kier molecular flexibility index (Phi) is 8.18. The highest BCUT2D eigenvalue weighted by Crippen LogP contribution is 2.26. The molecule has 0 fully saturated rings. The third-order valence-corrected chi connectivity index (χ3v) is 6.12. The Bertz CT molecular complexity index is 526. The van der Waals surface area contributed by atoms with Crippen molar-refractivity contribution in [2.24, 2.45) is 0 Å². The van der Waals surface area contributed by atoms with Crippen molar-refractivity contribution >= 4 is 25.6 Å². The molecule has 0 N–H and O–H groups in total. The number of rotatable bonds is 10. The fourth-order valence-corrected chi connectivity index (χ4v) is 4.75. The fourth-order valence-electron chi connectivity index (χ4n) is 2.43. The molecule has 0 aromatic heterocycles. The van der Waals surface area contributed by atoms with Gasteiger partial charge in [0.2, 0.25) is 8.32 Å². The number of nitro benzene ring substituents is 1. The molecule has 0 aliphatic carbocycles. The minimum absolute atomic E-state index is 0.0511. The van der Waals surface area contributed by atoms with Crippen molar-refractivity contribution < 1.29 is 9.45 Å². The number of unbranched alkanes of at least 4 members (excludes halogenated alkanes) is 1. The Morgan fingerprint density at radius 1 is 1.30 bits per heavy atom. The smallest absolute Gasteiger partial charge is 0.275 e. The molecule has 0 bridgehead atoms. The molecule has 23 heavy (non-hydrogen) atoms. The topological polar surface area (TPSA) is 55.6 Å². The van der Waals surface area contributed by atoms with E-state index in [9.17, 15) is 10.1 Å². The van der Waals surface area contributed by atoms with E-state index in [-0.39, 0.29) is 10.6 Å². The summed E-state index contributed by atoms with van der Waals surface area (Å²) in [5, 5.41) is 13.5. The lowest BCUT2D eigenvalue weighted by Crippen LogP contribution is -2.40. The highest BCUT2D eigenvalue weighted by molar-refractivity contribution is 6.71. The first kappa shape index (κ1) is 20.1. The van der Waals surface area contributed by atoms with Crippen molar-refractivity contribution in [2.45, 2.75) is 58.8 Å². The Labute approximate surface area is 144 Å². The Morgan fingerprint density at radius 3 is 2.57 bits per heavy atom. The molecule has 0 amide bonds. The van der Waals surface area contributed by atoms with Crippen LogP contribution in [0, 0.1) is 10.1 Å². The van der Waals surface area contributed by atoms with Gasteiger partial charge in [0, 0.05) is 23.2 Å². The van der Waals surface area contributed by atoms with Crippen LogP contribution in [0.1, 0.15) is 38.7 Å². The summed E-state index contributed by atoms with van der Waals surface area (Å²) in [5.74, 6) is 0. The van der Waals surface area contributed by atoms with Gasteiger partial charge in [-0.05, 0) is 37.7 Å². The van der Waals surface area contributed by atoms with Crippen LogP contribution in [0.4, 0.5) is 5.69 Å². The molecule has 0 saturated heterocycles. The maximum atomic E-state index is 11.2. The van der Waals surface area contributed by atoms with Gasteiger partial charge in [0.15, 0.2) is 0 Å². The summed E-state index contributed by atoms with van der Waals surface area (Å²) in [6.07, 6.45) is 3.23. The first-order chi connectivity index (χ1) is 10.8. The largest absolute Gasteiger partial charge is 0.343 e. The lowest BCUT2D eigenvalue weighted by Gasteiger charge is -2.31. The molecule has 0 spiro atoms. The number of hydrogen-bond acceptors (Lipinski definition) is 4. The quantitative estimate of drug-likeness (QED) is 0.319. The monoisotopic (exact) mass is 358 g/mol. The third-order valence-electron chi connectivity index (χ3n) is 3.57. The molecule has 0 radical (unpaired) electrons. The van der Waals surface area contributed by atoms with E-state index in [1.165, 1.54) is 6.07 Å². The zero-order chi connectivity index (χ0) is 17.5. The summed E-state index contributed by atoms with van der Waals surface area (Å²) in [4.78, 5) is 10.9. The molecule has 0 aliphatic rings. The fraction of sp³-hybridized carbons (Fsp3) is 0.625. The van der Waals surface area contributed by atoms with Gasteiger partial charge >= 0.3 is 0 Å². The molecule has 0 unspecified atom stereocenters. The van der Waals surface area contributed by atoms with E-state index in [1.54, 1.807) is 12.1 Å². The maximum absolute atomic E-state index is 11.2. The van der Waals surface area contributed by atoms with E-state index in [4.69, 9.17) is 16.1 Å². The normalized spacial score (nSPS) is 11.9. The van der Waals surface area contributed by atoms with Gasteiger partial charge in [-0.2, -0.15) is 5.06 Å². The van der Waals surface area contributed by atoms with Crippen LogP contribution in [0.15, 0.2) is 18.2 Å². The minimum atomic E-state index is -1.80. The molecule has 130 valence electrons. The zero-order valence-electron chi connectivity index (χ0n) is 14.5. The standard InChI is InChI=1S/C16H27ClN2O3Si/c1-5-7-11-23(3,4)22-18(10-6-2)13-14-8-9-15(17)12-16(14)19(20)21/h8-9,12H,5-7,10-11,13H2,1-4H3. The zero-order valence-corrected chi connectivity index (χ0v) is 16.2. The Hall–Kier alpha value is -0.953. The number of nitro groups is 1. The van der Waals surface area contributed by atoms with E-state index in [0.29, 0.717) is 17.1 Å². The van der Waals surface area contributed by atoms with Gasteiger partial charge < -0.3 is 4.53 Å². The maximum Gasteiger partial charge on any atom is 0.275 e. The number of nitrogens with zero attached hydrogens (tertiary/aromatic N) is 2.